The summed E-state index contributed by atoms with van der Waals surface area (Å²) >= 11 is 1.48. The highest BCUT2D eigenvalue weighted by Gasteiger charge is 2.24. The Hall–Kier alpha value is -3.11. The third-order valence-corrected chi connectivity index (χ3v) is 5.92. The molecule has 0 aromatic carbocycles. The molecular formula is C20H22FN7OS. The zero-order valence-corrected chi connectivity index (χ0v) is 17.0. The zero-order chi connectivity index (χ0) is 21.1. The van der Waals surface area contributed by atoms with Crippen LogP contribution < -0.4 is 22.1 Å². The molecule has 30 heavy (non-hydrogen) atoms. The summed E-state index contributed by atoms with van der Waals surface area (Å²) < 4.78 is 14.6. The Balaban J connectivity index is 1.64. The molecule has 3 aromatic rings. The first-order valence-corrected chi connectivity index (χ1v) is 10.5. The Bertz CT molecular complexity index is 1040. The van der Waals surface area contributed by atoms with Crippen LogP contribution in [-0.2, 0) is 0 Å². The molecule has 0 saturated heterocycles. The van der Waals surface area contributed by atoms with Crippen molar-refractivity contribution in [3.8, 4) is 10.4 Å². The van der Waals surface area contributed by atoms with Crippen molar-refractivity contribution in [2.45, 2.75) is 37.8 Å². The number of halogens is 1. The van der Waals surface area contributed by atoms with Gasteiger partial charge in [-0.3, -0.25) is 14.8 Å². The molecule has 6 N–H and O–H groups in total. The number of aromatic nitrogens is 3. The molecule has 0 radical (unpaired) electrons. The largest absolute Gasteiger partial charge is 0.365 e. The molecule has 156 valence electrons. The number of hydrogen-bond donors (Lipinski definition) is 4. The molecule has 2 unspecified atom stereocenters. The van der Waals surface area contributed by atoms with Crippen molar-refractivity contribution in [2.75, 3.05) is 10.6 Å². The van der Waals surface area contributed by atoms with Crippen molar-refractivity contribution >= 4 is 34.6 Å². The summed E-state index contributed by atoms with van der Waals surface area (Å²) in [7, 11) is 0. The SMILES string of the molecule is NC(=O)c1cc(F)c(NC2CCCCC2N)nc1Nc1cncc(-c2cncs2)c1. The van der Waals surface area contributed by atoms with Gasteiger partial charge >= 0.3 is 0 Å². The molecular weight excluding hydrogens is 405 g/mol. The van der Waals surface area contributed by atoms with Crippen LogP contribution in [0.3, 0.4) is 0 Å². The third-order valence-electron chi connectivity index (χ3n) is 5.10. The number of carbonyl (C=O) groups excluding carboxylic acids is 1. The number of thiazole rings is 1. The summed E-state index contributed by atoms with van der Waals surface area (Å²) in [6.45, 7) is 0. The third kappa shape index (κ3) is 4.39. The van der Waals surface area contributed by atoms with Crippen LogP contribution in [0.25, 0.3) is 10.4 Å². The Morgan fingerprint density at radius 2 is 1.97 bits per heavy atom. The smallest absolute Gasteiger partial charge is 0.252 e. The summed E-state index contributed by atoms with van der Waals surface area (Å²) in [5, 5.41) is 6.14. The van der Waals surface area contributed by atoms with E-state index in [9.17, 15) is 9.18 Å². The van der Waals surface area contributed by atoms with E-state index in [1.54, 1.807) is 24.1 Å². The van der Waals surface area contributed by atoms with Gasteiger partial charge in [-0.25, -0.2) is 9.37 Å². The van der Waals surface area contributed by atoms with Gasteiger partial charge in [-0.2, -0.15) is 0 Å². The van der Waals surface area contributed by atoms with Crippen molar-refractivity contribution in [1.82, 2.24) is 15.0 Å². The van der Waals surface area contributed by atoms with Crippen LogP contribution in [0.1, 0.15) is 36.0 Å². The van der Waals surface area contributed by atoms with Crippen molar-refractivity contribution < 1.29 is 9.18 Å². The van der Waals surface area contributed by atoms with E-state index < -0.39 is 11.7 Å². The Labute approximate surface area is 177 Å². The highest BCUT2D eigenvalue weighted by molar-refractivity contribution is 7.13. The first-order valence-electron chi connectivity index (χ1n) is 9.64. The van der Waals surface area contributed by atoms with Crippen molar-refractivity contribution in [1.29, 1.82) is 0 Å². The number of carbonyl (C=O) groups is 1. The minimum Gasteiger partial charge on any atom is -0.365 e. The van der Waals surface area contributed by atoms with Gasteiger partial charge in [-0.15, -0.1) is 11.3 Å². The van der Waals surface area contributed by atoms with Crippen LogP contribution in [0.5, 0.6) is 0 Å². The van der Waals surface area contributed by atoms with E-state index in [4.69, 9.17) is 11.5 Å². The number of hydrogen-bond acceptors (Lipinski definition) is 8. The molecule has 8 nitrogen and oxygen atoms in total. The van der Waals surface area contributed by atoms with Gasteiger partial charge in [0, 0.05) is 30.0 Å². The minimum absolute atomic E-state index is 0.0384. The lowest BCUT2D eigenvalue weighted by Gasteiger charge is -2.30. The van der Waals surface area contributed by atoms with E-state index >= 15 is 0 Å². The van der Waals surface area contributed by atoms with Gasteiger partial charge < -0.3 is 22.1 Å². The van der Waals surface area contributed by atoms with E-state index in [-0.39, 0.29) is 29.3 Å². The van der Waals surface area contributed by atoms with Gasteiger partial charge in [0.25, 0.3) is 5.91 Å². The maximum absolute atomic E-state index is 14.6. The molecule has 1 fully saturated rings. The van der Waals surface area contributed by atoms with Crippen molar-refractivity contribution in [3.05, 3.63) is 47.6 Å². The van der Waals surface area contributed by atoms with E-state index in [0.29, 0.717) is 5.69 Å². The van der Waals surface area contributed by atoms with Gasteiger partial charge in [0.2, 0.25) is 0 Å². The summed E-state index contributed by atoms with van der Waals surface area (Å²) in [6, 6.07) is 2.78. The lowest BCUT2D eigenvalue weighted by Crippen LogP contribution is -2.43. The van der Waals surface area contributed by atoms with E-state index in [2.05, 4.69) is 25.6 Å². The normalized spacial score (nSPS) is 18.7. The Morgan fingerprint density at radius 1 is 1.13 bits per heavy atom. The number of nitrogens with two attached hydrogens (primary N) is 2. The second-order valence-corrected chi connectivity index (χ2v) is 8.12. The second kappa shape index (κ2) is 8.72. The number of nitrogens with one attached hydrogen (secondary N) is 2. The molecule has 0 bridgehead atoms. The Morgan fingerprint density at radius 3 is 2.70 bits per heavy atom. The van der Waals surface area contributed by atoms with Crippen LogP contribution in [0.2, 0.25) is 0 Å². The summed E-state index contributed by atoms with van der Waals surface area (Å²) in [6.07, 6.45) is 8.84. The lowest BCUT2D eigenvalue weighted by molar-refractivity contribution is 0.100. The van der Waals surface area contributed by atoms with Crippen LogP contribution in [0, 0.1) is 5.82 Å². The van der Waals surface area contributed by atoms with Crippen molar-refractivity contribution in [2.24, 2.45) is 11.5 Å². The first-order chi connectivity index (χ1) is 14.5. The van der Waals surface area contributed by atoms with E-state index in [1.165, 1.54) is 11.3 Å². The first kappa shape index (κ1) is 20.2. The molecule has 3 aromatic heterocycles. The quantitative estimate of drug-likeness (QED) is 0.475. The molecule has 10 heteroatoms. The fourth-order valence-corrected chi connectivity index (χ4v) is 4.13. The minimum atomic E-state index is -0.781. The molecule has 1 aliphatic rings. The maximum atomic E-state index is 14.6. The summed E-state index contributed by atoms with van der Waals surface area (Å²) in [4.78, 5) is 25.4. The summed E-state index contributed by atoms with van der Waals surface area (Å²) in [5.74, 6) is -1.24. The number of rotatable bonds is 6. The number of primary amides is 1. The molecule has 3 heterocycles. The molecule has 4 rings (SSSR count). The molecule has 2 atom stereocenters. The topological polar surface area (TPSA) is 132 Å². The van der Waals surface area contributed by atoms with Gasteiger partial charge in [0.15, 0.2) is 11.6 Å². The molecule has 1 amide bonds. The van der Waals surface area contributed by atoms with Crippen molar-refractivity contribution in [3.63, 3.8) is 0 Å². The van der Waals surface area contributed by atoms with Crippen LogP contribution >= 0.6 is 11.3 Å². The van der Waals surface area contributed by atoms with Gasteiger partial charge in [-0.05, 0) is 25.0 Å². The molecule has 1 aliphatic carbocycles. The van der Waals surface area contributed by atoms with E-state index in [0.717, 1.165) is 42.2 Å². The summed E-state index contributed by atoms with van der Waals surface area (Å²) in [5.41, 5.74) is 14.7. The number of amides is 1. The number of anilines is 3. The predicted octanol–water partition coefficient (Wildman–Crippen LogP) is 3.26. The average Bonchev–Trinajstić information content (AvgIpc) is 3.27. The number of pyridine rings is 2. The monoisotopic (exact) mass is 427 g/mol. The highest BCUT2D eigenvalue weighted by atomic mass is 32.1. The van der Waals surface area contributed by atoms with Crippen LogP contribution in [0.15, 0.2) is 36.2 Å². The van der Waals surface area contributed by atoms with E-state index in [1.807, 2.05) is 6.07 Å². The second-order valence-electron chi connectivity index (χ2n) is 7.23. The average molecular weight is 428 g/mol. The zero-order valence-electron chi connectivity index (χ0n) is 16.1. The number of nitrogens with zero attached hydrogens (tertiary/aromatic N) is 3. The van der Waals surface area contributed by atoms with Crippen LogP contribution in [-0.4, -0.2) is 32.9 Å². The van der Waals surface area contributed by atoms with Gasteiger partial charge in [0.05, 0.1) is 27.8 Å². The standard InChI is InChI=1S/C20H22FN7OS/c21-14-6-13(18(23)29)19(28-20(14)27-16-4-2-1-3-15(16)22)26-12-5-11(7-24-8-12)17-9-25-10-30-17/h5-10,15-16H,1-4,22H2,(H2,23,29)(H2,26,27,28). The molecule has 0 aliphatic heterocycles. The maximum Gasteiger partial charge on any atom is 0.252 e. The molecule has 1 saturated carbocycles. The van der Waals surface area contributed by atoms with Gasteiger partial charge in [-0.1, -0.05) is 12.8 Å². The van der Waals surface area contributed by atoms with Crippen LogP contribution in [0.4, 0.5) is 21.7 Å². The lowest BCUT2D eigenvalue weighted by atomic mass is 9.91. The molecule has 0 spiro atoms. The van der Waals surface area contributed by atoms with Gasteiger partial charge in [0.1, 0.15) is 5.82 Å². The fraction of sp³-hybridized carbons (Fsp3) is 0.300. The Kier molecular flexibility index (Phi) is 5.86. The predicted molar refractivity (Wildman–Crippen MR) is 115 cm³/mol. The fourth-order valence-electron chi connectivity index (χ4n) is 3.53. The highest BCUT2D eigenvalue weighted by Crippen LogP contribution is 2.29.